The fourth-order valence-electron chi connectivity index (χ4n) is 1.61. The fourth-order valence-corrected chi connectivity index (χ4v) is 1.80. The largest absolute Gasteiger partial charge is 0.434 e. The van der Waals surface area contributed by atoms with Gasteiger partial charge in [-0.1, -0.05) is 47.1 Å². The summed E-state index contributed by atoms with van der Waals surface area (Å²) in [6.07, 6.45) is 1.31. The second kappa shape index (κ2) is 7.59. The molecule has 0 saturated carbocycles. The first-order valence-electron chi connectivity index (χ1n) is 6.09. The van der Waals surface area contributed by atoms with Crippen molar-refractivity contribution in [3.8, 4) is 5.75 Å². The summed E-state index contributed by atoms with van der Waals surface area (Å²) in [5.41, 5.74) is 1.19. The number of benzene rings is 2. The second-order valence-corrected chi connectivity index (χ2v) is 4.42. The zero-order chi connectivity index (χ0) is 15.1. The zero-order valence-electron chi connectivity index (χ0n) is 10.9. The molecular weight excluding hydrogens is 300 g/mol. The quantitative estimate of drug-likeness (QED) is 0.581. The molecule has 21 heavy (non-hydrogen) atoms. The van der Waals surface area contributed by atoms with Crippen molar-refractivity contribution in [1.29, 1.82) is 0 Å². The van der Waals surface area contributed by atoms with Crippen LogP contribution in [0.25, 0.3) is 0 Å². The van der Waals surface area contributed by atoms with Gasteiger partial charge in [-0.25, -0.2) is 0 Å². The molecule has 2 aromatic rings. The van der Waals surface area contributed by atoms with Crippen LogP contribution in [0.1, 0.15) is 11.1 Å². The highest BCUT2D eigenvalue weighted by Gasteiger charge is 2.07. The van der Waals surface area contributed by atoms with Crippen LogP contribution in [-0.2, 0) is 11.4 Å². The molecule has 0 heterocycles. The van der Waals surface area contributed by atoms with Crippen molar-refractivity contribution in [1.82, 2.24) is 0 Å². The first kappa shape index (κ1) is 15.3. The maximum atomic E-state index is 12.2. The minimum absolute atomic E-state index is 0.0394. The Bertz CT molecular complexity index is 620. The van der Waals surface area contributed by atoms with Crippen LogP contribution in [0.4, 0.5) is 8.78 Å². The van der Waals surface area contributed by atoms with Crippen molar-refractivity contribution in [2.75, 3.05) is 0 Å². The van der Waals surface area contributed by atoms with Crippen LogP contribution < -0.4 is 4.74 Å². The molecule has 0 N–H and O–H groups in total. The summed E-state index contributed by atoms with van der Waals surface area (Å²) in [4.78, 5) is 5.11. The Morgan fingerprint density at radius 1 is 1.10 bits per heavy atom. The standard InChI is InChI=1S/C15H12ClF2NO2/c16-13-7-3-1-6-12(13)10-20-19-9-11-5-2-4-8-14(11)21-15(17)18/h1-9,15H,10H2. The van der Waals surface area contributed by atoms with Gasteiger partial charge in [0.25, 0.3) is 0 Å². The molecular formula is C15H12ClF2NO2. The molecule has 2 rings (SSSR count). The molecule has 0 atom stereocenters. The van der Waals surface area contributed by atoms with Crippen molar-refractivity contribution in [2.45, 2.75) is 13.2 Å². The van der Waals surface area contributed by atoms with Crippen molar-refractivity contribution in [2.24, 2.45) is 5.16 Å². The number of para-hydroxylation sites is 1. The molecule has 0 spiro atoms. The molecule has 0 saturated heterocycles. The van der Waals surface area contributed by atoms with Gasteiger partial charge in [0.2, 0.25) is 0 Å². The molecule has 2 aromatic carbocycles. The molecule has 0 aromatic heterocycles. The summed E-state index contributed by atoms with van der Waals surface area (Å²) < 4.78 is 28.9. The van der Waals surface area contributed by atoms with Gasteiger partial charge < -0.3 is 9.57 Å². The SMILES string of the molecule is FC(F)Oc1ccccc1C=NOCc1ccccc1Cl. The van der Waals surface area contributed by atoms with E-state index in [1.54, 1.807) is 24.3 Å². The third kappa shape index (κ3) is 4.72. The van der Waals surface area contributed by atoms with Crippen LogP contribution >= 0.6 is 11.6 Å². The first-order valence-corrected chi connectivity index (χ1v) is 6.47. The van der Waals surface area contributed by atoms with E-state index in [4.69, 9.17) is 16.4 Å². The number of nitrogens with zero attached hydrogens (tertiary/aromatic N) is 1. The first-order chi connectivity index (χ1) is 10.2. The maximum Gasteiger partial charge on any atom is 0.387 e. The van der Waals surface area contributed by atoms with Crippen molar-refractivity contribution in [3.05, 3.63) is 64.7 Å². The molecule has 6 heteroatoms. The molecule has 0 aliphatic carbocycles. The third-order valence-electron chi connectivity index (χ3n) is 2.58. The van der Waals surface area contributed by atoms with Gasteiger partial charge in [0.05, 0.1) is 6.21 Å². The predicted octanol–water partition coefficient (Wildman–Crippen LogP) is 4.49. The van der Waals surface area contributed by atoms with Crippen LogP contribution in [0.5, 0.6) is 5.75 Å². The minimum atomic E-state index is -2.89. The maximum absolute atomic E-state index is 12.2. The molecule has 0 fully saturated rings. The Hall–Kier alpha value is -2.14. The van der Waals surface area contributed by atoms with Gasteiger partial charge in [-0.2, -0.15) is 8.78 Å². The monoisotopic (exact) mass is 311 g/mol. The zero-order valence-corrected chi connectivity index (χ0v) is 11.6. The van der Waals surface area contributed by atoms with E-state index in [0.717, 1.165) is 5.56 Å². The van der Waals surface area contributed by atoms with E-state index in [2.05, 4.69) is 9.89 Å². The minimum Gasteiger partial charge on any atom is -0.434 e. The second-order valence-electron chi connectivity index (χ2n) is 4.02. The molecule has 0 amide bonds. The lowest BCUT2D eigenvalue weighted by Gasteiger charge is -2.07. The van der Waals surface area contributed by atoms with Gasteiger partial charge in [-0.05, 0) is 18.2 Å². The average Bonchev–Trinajstić information content (AvgIpc) is 2.46. The summed E-state index contributed by atoms with van der Waals surface area (Å²) in [5.74, 6) is 0.0394. The molecule has 0 aliphatic rings. The van der Waals surface area contributed by atoms with E-state index in [1.807, 2.05) is 18.2 Å². The molecule has 0 radical (unpaired) electrons. The van der Waals surface area contributed by atoms with Gasteiger partial charge in [0, 0.05) is 16.1 Å². The number of oxime groups is 1. The Morgan fingerprint density at radius 2 is 1.81 bits per heavy atom. The van der Waals surface area contributed by atoms with Gasteiger partial charge in [-0.15, -0.1) is 0 Å². The van der Waals surface area contributed by atoms with E-state index >= 15 is 0 Å². The van der Waals surface area contributed by atoms with Crippen LogP contribution in [0, 0.1) is 0 Å². The lowest BCUT2D eigenvalue weighted by molar-refractivity contribution is -0.0499. The van der Waals surface area contributed by atoms with E-state index in [9.17, 15) is 8.78 Å². The number of rotatable bonds is 6. The number of ether oxygens (including phenoxy) is 1. The van der Waals surface area contributed by atoms with Crippen LogP contribution in [0.3, 0.4) is 0 Å². The lowest BCUT2D eigenvalue weighted by Crippen LogP contribution is -2.04. The summed E-state index contributed by atoms with van der Waals surface area (Å²) in [7, 11) is 0. The Labute approximate surface area is 125 Å². The predicted molar refractivity (Wildman–Crippen MR) is 76.9 cm³/mol. The topological polar surface area (TPSA) is 30.8 Å². The summed E-state index contributed by atoms with van der Waals surface area (Å²) in [5, 5.41) is 4.32. The lowest BCUT2D eigenvalue weighted by atomic mass is 10.2. The van der Waals surface area contributed by atoms with Gasteiger partial charge in [-0.3, -0.25) is 0 Å². The number of hydrogen-bond acceptors (Lipinski definition) is 3. The molecule has 0 aliphatic heterocycles. The highest BCUT2D eigenvalue weighted by molar-refractivity contribution is 6.31. The van der Waals surface area contributed by atoms with E-state index in [-0.39, 0.29) is 12.4 Å². The van der Waals surface area contributed by atoms with Crippen molar-refractivity contribution in [3.63, 3.8) is 0 Å². The molecule has 3 nitrogen and oxygen atoms in total. The molecule has 0 unspecified atom stereocenters. The number of hydrogen-bond donors (Lipinski definition) is 0. The molecule has 110 valence electrons. The highest BCUT2D eigenvalue weighted by Crippen LogP contribution is 2.19. The van der Waals surface area contributed by atoms with Gasteiger partial charge in [0.1, 0.15) is 12.4 Å². The summed E-state index contributed by atoms with van der Waals surface area (Å²) in [6, 6.07) is 13.5. The highest BCUT2D eigenvalue weighted by atomic mass is 35.5. The Kier molecular flexibility index (Phi) is 5.51. The Morgan fingerprint density at radius 3 is 2.57 bits per heavy atom. The van der Waals surface area contributed by atoms with E-state index in [0.29, 0.717) is 10.6 Å². The van der Waals surface area contributed by atoms with Crippen LogP contribution in [0.15, 0.2) is 53.7 Å². The average molecular weight is 312 g/mol. The van der Waals surface area contributed by atoms with Crippen LogP contribution in [-0.4, -0.2) is 12.8 Å². The third-order valence-corrected chi connectivity index (χ3v) is 2.95. The summed E-state index contributed by atoms with van der Waals surface area (Å²) >= 11 is 5.97. The van der Waals surface area contributed by atoms with E-state index in [1.165, 1.54) is 12.3 Å². The van der Waals surface area contributed by atoms with Gasteiger partial charge >= 0.3 is 6.61 Å². The smallest absolute Gasteiger partial charge is 0.387 e. The fraction of sp³-hybridized carbons (Fsp3) is 0.133. The van der Waals surface area contributed by atoms with Crippen molar-refractivity contribution >= 4 is 17.8 Å². The van der Waals surface area contributed by atoms with Crippen molar-refractivity contribution < 1.29 is 18.4 Å². The molecule has 0 bridgehead atoms. The number of halogens is 3. The Balaban J connectivity index is 1.97. The normalized spacial score (nSPS) is 11.0. The van der Waals surface area contributed by atoms with Crippen LogP contribution in [0.2, 0.25) is 5.02 Å². The van der Waals surface area contributed by atoms with Gasteiger partial charge in [0.15, 0.2) is 0 Å². The summed E-state index contributed by atoms with van der Waals surface area (Å²) in [6.45, 7) is -2.70. The van der Waals surface area contributed by atoms with E-state index < -0.39 is 6.61 Å². The number of alkyl halides is 2.